The summed E-state index contributed by atoms with van der Waals surface area (Å²) in [6.07, 6.45) is 3.86. The Hall–Kier alpha value is -4.65. The van der Waals surface area contributed by atoms with Crippen molar-refractivity contribution in [2.45, 2.75) is 46.7 Å². The van der Waals surface area contributed by atoms with E-state index in [1.54, 1.807) is 50.6 Å². The molecule has 0 saturated heterocycles. The molecule has 0 amide bonds. The van der Waals surface area contributed by atoms with Gasteiger partial charge in [-0.2, -0.15) is 0 Å². The highest BCUT2D eigenvalue weighted by Gasteiger charge is 2.27. The van der Waals surface area contributed by atoms with Crippen molar-refractivity contribution in [3.63, 3.8) is 0 Å². The second kappa shape index (κ2) is 11.1. The number of nitrogens with zero attached hydrogens (tertiary/aromatic N) is 1. The lowest BCUT2D eigenvalue weighted by molar-refractivity contribution is 0.0733. The number of halogens is 1. The molecule has 0 fully saturated rings. The maximum Gasteiger partial charge on any atom is 0.345 e. The van der Waals surface area contributed by atoms with Crippen molar-refractivity contribution in [1.82, 2.24) is 4.98 Å². The third-order valence-corrected chi connectivity index (χ3v) is 7.30. The number of benzene rings is 3. The minimum atomic E-state index is -0.482. The van der Waals surface area contributed by atoms with Gasteiger partial charge in [0.05, 0.1) is 23.9 Å². The van der Waals surface area contributed by atoms with Crippen LogP contribution in [-0.2, 0) is 6.54 Å². The smallest absolute Gasteiger partial charge is 0.345 e. The van der Waals surface area contributed by atoms with Crippen molar-refractivity contribution in [3.05, 3.63) is 107 Å². The lowest BCUT2D eigenvalue weighted by Gasteiger charge is -2.33. The van der Waals surface area contributed by atoms with E-state index in [2.05, 4.69) is 54.6 Å². The van der Waals surface area contributed by atoms with Gasteiger partial charge in [-0.15, -0.1) is 0 Å². The molecule has 0 saturated carbocycles. The van der Waals surface area contributed by atoms with Gasteiger partial charge in [0.25, 0.3) is 0 Å². The number of anilines is 2. The summed E-state index contributed by atoms with van der Waals surface area (Å²) in [5.41, 5.74) is 8.61. The van der Waals surface area contributed by atoms with Crippen LogP contribution < -0.4 is 20.1 Å². The van der Waals surface area contributed by atoms with Crippen LogP contribution in [-0.4, -0.2) is 23.6 Å². The van der Waals surface area contributed by atoms with Gasteiger partial charge in [-0.05, 0) is 99.3 Å². The average Bonchev–Trinajstić information content (AvgIpc) is 2.92. The number of hydrogen-bond acceptors (Lipinski definition) is 6. The third-order valence-electron chi connectivity index (χ3n) is 7.30. The van der Waals surface area contributed by atoms with E-state index in [0.29, 0.717) is 29.3 Å². The fraction of sp³-hybridized carbons (Fsp3) is 0.235. The highest BCUT2D eigenvalue weighted by molar-refractivity contribution is 5.92. The molecular weight excluding hydrogens is 517 g/mol. The van der Waals surface area contributed by atoms with Crippen molar-refractivity contribution in [1.29, 1.82) is 0 Å². The van der Waals surface area contributed by atoms with Crippen molar-refractivity contribution < 1.29 is 18.7 Å². The molecule has 0 unspecified atom stereocenters. The van der Waals surface area contributed by atoms with E-state index in [1.807, 2.05) is 13.0 Å². The second-order valence-corrected chi connectivity index (χ2v) is 10.9. The molecule has 0 radical (unpaired) electrons. The normalized spacial score (nSPS) is 13.5. The monoisotopic (exact) mass is 551 g/mol. The zero-order valence-corrected chi connectivity index (χ0v) is 24.2. The molecule has 0 spiro atoms. The van der Waals surface area contributed by atoms with E-state index >= 15 is 0 Å². The van der Waals surface area contributed by atoms with Crippen LogP contribution in [0.25, 0.3) is 16.7 Å². The van der Waals surface area contributed by atoms with Crippen molar-refractivity contribution in [2.75, 3.05) is 17.7 Å². The van der Waals surface area contributed by atoms with Crippen LogP contribution in [0.3, 0.4) is 0 Å². The Morgan fingerprint density at radius 2 is 1.80 bits per heavy atom. The van der Waals surface area contributed by atoms with Crippen LogP contribution in [0.2, 0.25) is 0 Å². The Kier molecular flexibility index (Phi) is 7.54. The molecule has 2 N–H and O–H groups in total. The van der Waals surface area contributed by atoms with Crippen molar-refractivity contribution >= 4 is 22.9 Å². The van der Waals surface area contributed by atoms with Gasteiger partial charge in [0.15, 0.2) is 0 Å². The SMILES string of the molecule is COc1cc(OC(=O)c2cccnc2C)ccc1-c1ccc2c(c1CNc1cc(F)ccc1C)C(C)=CC(C)(C)N2. The molecule has 0 atom stereocenters. The predicted octanol–water partition coefficient (Wildman–Crippen LogP) is 7.95. The van der Waals surface area contributed by atoms with Crippen LogP contribution in [0.4, 0.5) is 15.8 Å². The van der Waals surface area contributed by atoms with Gasteiger partial charge in [-0.1, -0.05) is 18.2 Å². The summed E-state index contributed by atoms with van der Waals surface area (Å²) >= 11 is 0. The number of aryl methyl sites for hydroxylation is 2. The first-order chi connectivity index (χ1) is 19.6. The van der Waals surface area contributed by atoms with E-state index in [1.165, 1.54) is 12.1 Å². The van der Waals surface area contributed by atoms with Gasteiger partial charge >= 0.3 is 5.97 Å². The molecule has 210 valence electrons. The Balaban J connectivity index is 1.56. The van der Waals surface area contributed by atoms with E-state index in [9.17, 15) is 9.18 Å². The quantitative estimate of drug-likeness (QED) is 0.179. The molecule has 6 nitrogen and oxygen atoms in total. The Bertz CT molecular complexity index is 1680. The number of fused-ring (bicyclic) bond motifs is 1. The average molecular weight is 552 g/mol. The largest absolute Gasteiger partial charge is 0.496 e. The number of methoxy groups -OCH3 is 1. The number of hydrogen-bond donors (Lipinski definition) is 2. The van der Waals surface area contributed by atoms with Crippen LogP contribution in [0, 0.1) is 19.7 Å². The summed E-state index contributed by atoms with van der Waals surface area (Å²) in [4.78, 5) is 17.0. The maximum absolute atomic E-state index is 14.1. The standard InChI is InChI=1S/C34H34FN3O3/c1-20-9-10-23(35)16-30(20)37-19-28-26(13-14-29-32(28)21(2)18-34(4,5)38-29)27-12-11-24(17-31(27)40-6)41-33(39)25-8-7-15-36-22(25)3/h7-18,37-38H,19H2,1-6H3. The lowest BCUT2D eigenvalue weighted by Crippen LogP contribution is -2.32. The number of carbonyl (C=O) groups is 1. The summed E-state index contributed by atoms with van der Waals surface area (Å²) in [5, 5.41) is 7.08. The first kappa shape index (κ1) is 27.9. The zero-order chi connectivity index (χ0) is 29.3. The van der Waals surface area contributed by atoms with Crippen LogP contribution in [0.15, 0.2) is 72.9 Å². The number of nitrogens with one attached hydrogen (secondary N) is 2. The molecule has 3 aromatic carbocycles. The Labute approximate surface area is 240 Å². The van der Waals surface area contributed by atoms with E-state index in [4.69, 9.17) is 9.47 Å². The summed E-state index contributed by atoms with van der Waals surface area (Å²) in [6, 6.07) is 17.7. The lowest BCUT2D eigenvalue weighted by atomic mass is 9.85. The van der Waals surface area contributed by atoms with Gasteiger partial charge < -0.3 is 20.1 Å². The molecule has 0 aliphatic carbocycles. The maximum atomic E-state index is 14.1. The summed E-state index contributed by atoms with van der Waals surface area (Å²) < 4.78 is 25.6. The van der Waals surface area contributed by atoms with E-state index in [-0.39, 0.29) is 11.4 Å². The summed E-state index contributed by atoms with van der Waals surface area (Å²) in [7, 11) is 1.59. The number of aromatic nitrogens is 1. The number of rotatable bonds is 7. The molecule has 7 heteroatoms. The molecule has 41 heavy (non-hydrogen) atoms. The first-order valence-corrected chi connectivity index (χ1v) is 13.5. The number of esters is 1. The molecule has 2 heterocycles. The minimum Gasteiger partial charge on any atom is -0.496 e. The predicted molar refractivity (Wildman–Crippen MR) is 162 cm³/mol. The first-order valence-electron chi connectivity index (χ1n) is 13.5. The molecule has 1 aliphatic heterocycles. The number of allylic oxidation sites excluding steroid dienone is 1. The van der Waals surface area contributed by atoms with Crippen LogP contribution >= 0.6 is 0 Å². The minimum absolute atomic E-state index is 0.196. The van der Waals surface area contributed by atoms with Crippen molar-refractivity contribution in [2.24, 2.45) is 0 Å². The Morgan fingerprint density at radius 3 is 2.56 bits per heavy atom. The van der Waals surface area contributed by atoms with Crippen LogP contribution in [0.1, 0.15) is 53.5 Å². The highest BCUT2D eigenvalue weighted by atomic mass is 19.1. The zero-order valence-electron chi connectivity index (χ0n) is 24.2. The molecule has 0 bridgehead atoms. The number of pyridine rings is 1. The fourth-order valence-electron chi connectivity index (χ4n) is 5.42. The van der Waals surface area contributed by atoms with E-state index < -0.39 is 5.97 Å². The summed E-state index contributed by atoms with van der Waals surface area (Å²) in [5.74, 6) is 0.156. The number of ether oxygens (including phenoxy) is 2. The fourth-order valence-corrected chi connectivity index (χ4v) is 5.42. The Morgan fingerprint density at radius 1 is 1.02 bits per heavy atom. The molecular formula is C34H34FN3O3. The van der Waals surface area contributed by atoms with Gasteiger partial charge in [0, 0.05) is 41.3 Å². The summed E-state index contributed by atoms with van der Waals surface area (Å²) in [6.45, 7) is 10.6. The molecule has 1 aliphatic rings. The highest BCUT2D eigenvalue weighted by Crippen LogP contribution is 2.43. The molecule has 4 aromatic rings. The van der Waals surface area contributed by atoms with Gasteiger partial charge in [0.2, 0.25) is 0 Å². The number of carbonyl (C=O) groups excluding carboxylic acids is 1. The van der Waals surface area contributed by atoms with Gasteiger partial charge in [-0.3, -0.25) is 4.98 Å². The van der Waals surface area contributed by atoms with Gasteiger partial charge in [-0.25, -0.2) is 9.18 Å². The van der Waals surface area contributed by atoms with Gasteiger partial charge in [0.1, 0.15) is 17.3 Å². The molecule has 1 aromatic heterocycles. The molecule has 5 rings (SSSR count). The van der Waals surface area contributed by atoms with Crippen molar-refractivity contribution in [3.8, 4) is 22.6 Å². The second-order valence-electron chi connectivity index (χ2n) is 10.9. The van der Waals surface area contributed by atoms with E-state index in [0.717, 1.165) is 44.8 Å². The topological polar surface area (TPSA) is 72.5 Å². The van der Waals surface area contributed by atoms with Crippen LogP contribution in [0.5, 0.6) is 11.5 Å². The third kappa shape index (κ3) is 5.80.